The van der Waals surface area contributed by atoms with Crippen molar-refractivity contribution in [1.82, 2.24) is 9.38 Å². The highest BCUT2D eigenvalue weighted by atomic mass is 32.1. The maximum atomic E-state index is 4.91. The Balaban J connectivity index is 2.42. The van der Waals surface area contributed by atoms with Gasteiger partial charge in [0.15, 0.2) is 4.96 Å². The summed E-state index contributed by atoms with van der Waals surface area (Å²) in [5, 5.41) is 1.98. The van der Waals surface area contributed by atoms with Gasteiger partial charge in [-0.3, -0.25) is 9.24 Å². The van der Waals surface area contributed by atoms with Crippen LogP contribution in [0.25, 0.3) is 4.96 Å². The summed E-state index contributed by atoms with van der Waals surface area (Å²) < 4.78 is 1.94. The van der Waals surface area contributed by atoms with Gasteiger partial charge in [0.1, 0.15) is 6.61 Å². The number of imidazole rings is 1. The SMILES string of the molecule is NOCc1cn2ccsc2n1. The minimum absolute atomic E-state index is 0.369. The first-order valence-corrected chi connectivity index (χ1v) is 4.01. The van der Waals surface area contributed by atoms with E-state index in [-0.39, 0.29) is 0 Å². The zero-order valence-electron chi connectivity index (χ0n) is 5.73. The summed E-state index contributed by atoms with van der Waals surface area (Å²) in [4.78, 5) is 9.66. The van der Waals surface area contributed by atoms with Crippen molar-refractivity contribution in [2.24, 2.45) is 5.90 Å². The minimum atomic E-state index is 0.369. The maximum absolute atomic E-state index is 4.91. The molecule has 0 amide bonds. The molecule has 0 fully saturated rings. The standard InChI is InChI=1S/C6H7N3OS/c7-10-4-5-3-9-1-2-11-6(9)8-5/h1-3H,4,7H2. The van der Waals surface area contributed by atoms with Crippen LogP contribution in [0.4, 0.5) is 0 Å². The zero-order chi connectivity index (χ0) is 7.68. The lowest BCUT2D eigenvalue weighted by Crippen LogP contribution is -1.98. The van der Waals surface area contributed by atoms with Crippen LogP contribution in [0.3, 0.4) is 0 Å². The van der Waals surface area contributed by atoms with Gasteiger partial charge in [0.05, 0.1) is 5.69 Å². The second kappa shape index (κ2) is 2.61. The van der Waals surface area contributed by atoms with Crippen molar-refractivity contribution < 1.29 is 4.84 Å². The number of nitrogens with zero attached hydrogens (tertiary/aromatic N) is 2. The van der Waals surface area contributed by atoms with E-state index in [4.69, 9.17) is 5.90 Å². The van der Waals surface area contributed by atoms with Crippen molar-refractivity contribution in [2.75, 3.05) is 0 Å². The summed E-state index contributed by atoms with van der Waals surface area (Å²) in [6.45, 7) is 0.369. The number of hydrogen-bond donors (Lipinski definition) is 1. The third kappa shape index (κ3) is 1.13. The number of thiazole rings is 1. The normalized spacial score (nSPS) is 11.0. The van der Waals surface area contributed by atoms with Gasteiger partial charge in [-0.1, -0.05) is 0 Å². The van der Waals surface area contributed by atoms with Crippen LogP contribution in [-0.4, -0.2) is 9.38 Å². The van der Waals surface area contributed by atoms with E-state index in [1.54, 1.807) is 11.3 Å². The van der Waals surface area contributed by atoms with Gasteiger partial charge in [-0.2, -0.15) is 0 Å². The fourth-order valence-electron chi connectivity index (χ4n) is 0.931. The lowest BCUT2D eigenvalue weighted by molar-refractivity contribution is 0.121. The second-order valence-corrected chi connectivity index (χ2v) is 3.01. The molecule has 2 aromatic heterocycles. The Kier molecular flexibility index (Phi) is 1.61. The molecule has 2 rings (SSSR count). The molecule has 58 valence electrons. The van der Waals surface area contributed by atoms with Crippen LogP contribution >= 0.6 is 11.3 Å². The first-order chi connectivity index (χ1) is 5.40. The van der Waals surface area contributed by atoms with E-state index in [2.05, 4.69) is 9.82 Å². The van der Waals surface area contributed by atoms with E-state index in [1.165, 1.54) is 0 Å². The Morgan fingerprint density at radius 1 is 1.73 bits per heavy atom. The molecule has 0 saturated carbocycles. The van der Waals surface area contributed by atoms with Gasteiger partial charge in [-0.25, -0.2) is 10.9 Å². The van der Waals surface area contributed by atoms with Gasteiger partial charge in [-0.05, 0) is 0 Å². The Morgan fingerprint density at radius 3 is 3.36 bits per heavy atom. The predicted molar refractivity (Wildman–Crippen MR) is 42.0 cm³/mol. The highest BCUT2D eigenvalue weighted by molar-refractivity contribution is 7.15. The monoisotopic (exact) mass is 169 g/mol. The van der Waals surface area contributed by atoms with Crippen LogP contribution in [0.1, 0.15) is 5.69 Å². The van der Waals surface area contributed by atoms with Crippen molar-refractivity contribution in [3.8, 4) is 0 Å². The summed E-state index contributed by atoms with van der Waals surface area (Å²) in [6.07, 6.45) is 3.85. The molecule has 0 aliphatic carbocycles. The molecule has 0 saturated heterocycles. The number of nitrogens with two attached hydrogens (primary N) is 1. The minimum Gasteiger partial charge on any atom is -0.298 e. The van der Waals surface area contributed by atoms with Gasteiger partial charge in [-0.15, -0.1) is 11.3 Å². The lowest BCUT2D eigenvalue weighted by atomic mass is 10.5. The third-order valence-electron chi connectivity index (χ3n) is 1.37. The van der Waals surface area contributed by atoms with Crippen molar-refractivity contribution in [1.29, 1.82) is 0 Å². The van der Waals surface area contributed by atoms with Crippen molar-refractivity contribution >= 4 is 16.3 Å². The van der Waals surface area contributed by atoms with Gasteiger partial charge in [0.25, 0.3) is 0 Å². The van der Waals surface area contributed by atoms with E-state index in [1.807, 2.05) is 22.2 Å². The van der Waals surface area contributed by atoms with Crippen molar-refractivity contribution in [3.63, 3.8) is 0 Å². The molecule has 0 unspecified atom stereocenters. The van der Waals surface area contributed by atoms with Crippen LogP contribution in [0.2, 0.25) is 0 Å². The predicted octanol–water partition coefficient (Wildman–Crippen LogP) is 0.786. The second-order valence-electron chi connectivity index (χ2n) is 2.14. The molecule has 5 heteroatoms. The summed E-state index contributed by atoms with van der Waals surface area (Å²) >= 11 is 1.59. The van der Waals surface area contributed by atoms with Crippen LogP contribution in [0.5, 0.6) is 0 Å². The molecule has 4 nitrogen and oxygen atoms in total. The summed E-state index contributed by atoms with van der Waals surface area (Å²) in [5.74, 6) is 4.91. The molecular formula is C6H7N3OS. The number of fused-ring (bicyclic) bond motifs is 1. The van der Waals surface area contributed by atoms with Crippen LogP contribution in [0, 0.1) is 0 Å². The van der Waals surface area contributed by atoms with E-state index < -0.39 is 0 Å². The van der Waals surface area contributed by atoms with Crippen molar-refractivity contribution in [3.05, 3.63) is 23.5 Å². The largest absolute Gasteiger partial charge is 0.298 e. The zero-order valence-corrected chi connectivity index (χ0v) is 6.54. The van der Waals surface area contributed by atoms with Gasteiger partial charge >= 0.3 is 0 Å². The highest BCUT2D eigenvalue weighted by Gasteiger charge is 2.00. The highest BCUT2D eigenvalue weighted by Crippen LogP contribution is 2.11. The lowest BCUT2D eigenvalue weighted by Gasteiger charge is -1.87. The van der Waals surface area contributed by atoms with Gasteiger partial charge in [0.2, 0.25) is 0 Å². The van der Waals surface area contributed by atoms with E-state index >= 15 is 0 Å². The van der Waals surface area contributed by atoms with Gasteiger partial charge in [0, 0.05) is 17.8 Å². The third-order valence-corrected chi connectivity index (χ3v) is 2.15. The molecule has 11 heavy (non-hydrogen) atoms. The van der Waals surface area contributed by atoms with Crippen molar-refractivity contribution in [2.45, 2.75) is 6.61 Å². The fourth-order valence-corrected chi connectivity index (χ4v) is 1.65. The topological polar surface area (TPSA) is 52.5 Å². The number of hydrogen-bond acceptors (Lipinski definition) is 4. The Bertz CT molecular complexity index is 325. The molecule has 0 atom stereocenters. The quantitative estimate of drug-likeness (QED) is 0.676. The summed E-state index contributed by atoms with van der Waals surface area (Å²) in [6, 6.07) is 0. The van der Waals surface area contributed by atoms with Crippen LogP contribution < -0.4 is 5.90 Å². The number of aromatic nitrogens is 2. The number of rotatable bonds is 2. The Morgan fingerprint density at radius 2 is 2.64 bits per heavy atom. The molecular weight excluding hydrogens is 162 g/mol. The summed E-state index contributed by atoms with van der Waals surface area (Å²) in [7, 11) is 0. The summed E-state index contributed by atoms with van der Waals surface area (Å²) in [5.41, 5.74) is 0.861. The van der Waals surface area contributed by atoms with Crippen LogP contribution in [0.15, 0.2) is 17.8 Å². The Labute approximate surface area is 67.2 Å². The van der Waals surface area contributed by atoms with Gasteiger partial charge < -0.3 is 0 Å². The fraction of sp³-hybridized carbons (Fsp3) is 0.167. The first-order valence-electron chi connectivity index (χ1n) is 3.13. The van der Waals surface area contributed by atoms with E-state index in [0.29, 0.717) is 6.61 Å². The maximum Gasteiger partial charge on any atom is 0.193 e. The van der Waals surface area contributed by atoms with E-state index in [0.717, 1.165) is 10.7 Å². The molecule has 0 spiro atoms. The first kappa shape index (κ1) is 6.78. The molecule has 2 heterocycles. The average Bonchev–Trinajstić information content (AvgIpc) is 2.46. The molecule has 0 aliphatic heterocycles. The molecule has 0 bridgehead atoms. The molecule has 0 aliphatic rings. The Hall–Kier alpha value is -0.910. The molecule has 2 aromatic rings. The molecule has 0 radical (unpaired) electrons. The molecule has 0 aromatic carbocycles. The van der Waals surface area contributed by atoms with E-state index in [9.17, 15) is 0 Å². The van der Waals surface area contributed by atoms with Crippen LogP contribution in [-0.2, 0) is 11.4 Å². The smallest absolute Gasteiger partial charge is 0.193 e. The average molecular weight is 169 g/mol. The molecule has 2 N–H and O–H groups in total.